The summed E-state index contributed by atoms with van der Waals surface area (Å²) in [6.45, 7) is 2.38. The Labute approximate surface area is 113 Å². The van der Waals surface area contributed by atoms with Crippen molar-refractivity contribution in [3.63, 3.8) is 0 Å². The third-order valence-electron chi connectivity index (χ3n) is 3.56. The van der Waals surface area contributed by atoms with Crippen LogP contribution in [0.3, 0.4) is 0 Å². The summed E-state index contributed by atoms with van der Waals surface area (Å²) < 4.78 is 0. The molecule has 1 fully saturated rings. The van der Waals surface area contributed by atoms with E-state index in [0.29, 0.717) is 12.8 Å². The van der Waals surface area contributed by atoms with Crippen molar-refractivity contribution >= 4 is 17.6 Å². The number of hydrogen-bond donors (Lipinski definition) is 1. The average Bonchev–Trinajstić information content (AvgIpc) is 2.40. The molecule has 1 amide bonds. The molecule has 1 atom stereocenters. The summed E-state index contributed by atoms with van der Waals surface area (Å²) in [6, 6.07) is 7.77. The number of anilines is 1. The molecule has 0 saturated carbocycles. The van der Waals surface area contributed by atoms with E-state index in [4.69, 9.17) is 5.11 Å². The normalized spacial score (nSPS) is 19.5. The van der Waals surface area contributed by atoms with Crippen molar-refractivity contribution < 1.29 is 14.7 Å². The summed E-state index contributed by atoms with van der Waals surface area (Å²) in [4.78, 5) is 24.8. The zero-order valence-corrected chi connectivity index (χ0v) is 11.1. The molecule has 1 aromatic rings. The number of aryl methyl sites for hydroxylation is 1. The van der Waals surface area contributed by atoms with Crippen LogP contribution in [-0.2, 0) is 16.0 Å². The van der Waals surface area contributed by atoms with Crippen LogP contribution in [0.25, 0.3) is 0 Å². The maximum atomic E-state index is 12.1. The van der Waals surface area contributed by atoms with Gasteiger partial charge in [0.2, 0.25) is 5.91 Å². The first-order chi connectivity index (χ1) is 9.13. The number of hydrogen-bond acceptors (Lipinski definition) is 2. The highest BCUT2D eigenvalue weighted by Gasteiger charge is 2.31. The van der Waals surface area contributed by atoms with Gasteiger partial charge >= 0.3 is 5.97 Å². The zero-order valence-electron chi connectivity index (χ0n) is 11.1. The number of piperidine rings is 1. The van der Waals surface area contributed by atoms with Gasteiger partial charge in [0.1, 0.15) is 0 Å². The Kier molecular flexibility index (Phi) is 4.20. The summed E-state index contributed by atoms with van der Waals surface area (Å²) in [5, 5.41) is 9.12. The Morgan fingerprint density at radius 3 is 2.84 bits per heavy atom. The summed E-state index contributed by atoms with van der Waals surface area (Å²) in [5.41, 5.74) is 1.99. The Morgan fingerprint density at radius 1 is 1.42 bits per heavy atom. The fraction of sp³-hybridized carbons (Fsp3) is 0.467. The van der Waals surface area contributed by atoms with Crippen LogP contribution in [0.4, 0.5) is 5.69 Å². The molecule has 0 aromatic heterocycles. The minimum atomic E-state index is -0.814. The molecule has 1 aromatic carbocycles. The van der Waals surface area contributed by atoms with Crippen molar-refractivity contribution in [1.82, 2.24) is 0 Å². The quantitative estimate of drug-likeness (QED) is 0.905. The molecule has 1 unspecified atom stereocenters. The molecule has 4 heteroatoms. The van der Waals surface area contributed by atoms with E-state index in [9.17, 15) is 9.59 Å². The first-order valence-corrected chi connectivity index (χ1v) is 6.74. The molecule has 19 heavy (non-hydrogen) atoms. The minimum absolute atomic E-state index is 0.0288. The topological polar surface area (TPSA) is 57.6 Å². The highest BCUT2D eigenvalue weighted by Crippen LogP contribution is 2.28. The lowest BCUT2D eigenvalue weighted by molar-refractivity contribution is -0.142. The van der Waals surface area contributed by atoms with Crippen LogP contribution in [0, 0.1) is 5.92 Å². The number of benzene rings is 1. The smallest absolute Gasteiger partial charge is 0.308 e. The number of carboxylic acids is 1. The van der Waals surface area contributed by atoms with Gasteiger partial charge < -0.3 is 10.0 Å². The number of nitrogens with zero attached hydrogens (tertiary/aromatic N) is 1. The number of para-hydroxylation sites is 1. The fourth-order valence-corrected chi connectivity index (χ4v) is 2.54. The van der Waals surface area contributed by atoms with Crippen molar-refractivity contribution in [1.29, 1.82) is 0 Å². The first kappa shape index (κ1) is 13.6. The molecule has 1 saturated heterocycles. The second-order valence-electron chi connectivity index (χ2n) is 4.96. The van der Waals surface area contributed by atoms with Crippen molar-refractivity contribution in [2.75, 3.05) is 11.4 Å². The summed E-state index contributed by atoms with van der Waals surface area (Å²) in [6.07, 6.45) is 2.66. The second-order valence-corrected chi connectivity index (χ2v) is 4.96. The van der Waals surface area contributed by atoms with Crippen LogP contribution in [0.5, 0.6) is 0 Å². The van der Waals surface area contributed by atoms with Crippen LogP contribution in [0.1, 0.15) is 31.7 Å². The number of carbonyl (C=O) groups excluding carboxylic acids is 1. The lowest BCUT2D eigenvalue weighted by Crippen LogP contribution is -2.43. The number of carboxylic acid groups (broad SMARTS) is 1. The van der Waals surface area contributed by atoms with E-state index < -0.39 is 11.9 Å². The van der Waals surface area contributed by atoms with Crippen molar-refractivity contribution in [2.45, 2.75) is 32.6 Å². The summed E-state index contributed by atoms with van der Waals surface area (Å²) in [7, 11) is 0. The highest BCUT2D eigenvalue weighted by atomic mass is 16.4. The zero-order chi connectivity index (χ0) is 13.8. The Hall–Kier alpha value is -1.84. The Balaban J connectivity index is 2.28. The number of amides is 1. The average molecular weight is 261 g/mol. The van der Waals surface area contributed by atoms with E-state index in [1.165, 1.54) is 0 Å². The van der Waals surface area contributed by atoms with E-state index in [-0.39, 0.29) is 12.5 Å². The third kappa shape index (κ3) is 2.95. The predicted molar refractivity (Wildman–Crippen MR) is 73.1 cm³/mol. The standard InChI is InChI=1S/C15H19NO3/c1-2-5-11-6-3-4-7-13(11)16-10-12(15(18)19)8-9-14(16)17/h3-4,6-7,12H,2,5,8-10H2,1H3,(H,18,19). The van der Waals surface area contributed by atoms with Crippen LogP contribution in [-0.4, -0.2) is 23.5 Å². The Morgan fingerprint density at radius 2 is 2.16 bits per heavy atom. The van der Waals surface area contributed by atoms with Gasteiger partial charge in [0.25, 0.3) is 0 Å². The lowest BCUT2D eigenvalue weighted by atomic mass is 9.96. The molecule has 102 valence electrons. The maximum Gasteiger partial charge on any atom is 0.308 e. The minimum Gasteiger partial charge on any atom is -0.481 e. The number of rotatable bonds is 4. The fourth-order valence-electron chi connectivity index (χ4n) is 2.54. The molecule has 2 rings (SSSR count). The Bertz CT molecular complexity index is 484. The first-order valence-electron chi connectivity index (χ1n) is 6.74. The van der Waals surface area contributed by atoms with Gasteiger partial charge in [-0.25, -0.2) is 0 Å². The van der Waals surface area contributed by atoms with Gasteiger partial charge in [-0.3, -0.25) is 9.59 Å². The molecular formula is C15H19NO3. The van der Waals surface area contributed by atoms with Gasteiger partial charge in [0.15, 0.2) is 0 Å². The van der Waals surface area contributed by atoms with Crippen molar-refractivity contribution in [3.8, 4) is 0 Å². The molecule has 0 spiro atoms. The van der Waals surface area contributed by atoms with Gasteiger partial charge in [-0.05, 0) is 24.5 Å². The molecule has 0 radical (unpaired) electrons. The van der Waals surface area contributed by atoms with Crippen LogP contribution >= 0.6 is 0 Å². The van der Waals surface area contributed by atoms with Gasteiger partial charge in [0.05, 0.1) is 5.92 Å². The molecule has 1 N–H and O–H groups in total. The molecule has 1 heterocycles. The van der Waals surface area contributed by atoms with E-state index in [1.807, 2.05) is 24.3 Å². The molecule has 4 nitrogen and oxygen atoms in total. The second kappa shape index (κ2) is 5.87. The highest BCUT2D eigenvalue weighted by molar-refractivity contribution is 5.96. The molecule has 0 bridgehead atoms. The third-order valence-corrected chi connectivity index (χ3v) is 3.56. The van der Waals surface area contributed by atoms with E-state index in [1.54, 1.807) is 4.90 Å². The van der Waals surface area contributed by atoms with Gasteiger partial charge in [0, 0.05) is 18.7 Å². The van der Waals surface area contributed by atoms with E-state index in [2.05, 4.69) is 6.92 Å². The molecule has 1 aliphatic heterocycles. The van der Waals surface area contributed by atoms with Gasteiger partial charge in [-0.15, -0.1) is 0 Å². The van der Waals surface area contributed by atoms with E-state index >= 15 is 0 Å². The van der Waals surface area contributed by atoms with Crippen LogP contribution in [0.2, 0.25) is 0 Å². The number of carbonyl (C=O) groups is 2. The van der Waals surface area contributed by atoms with Crippen molar-refractivity contribution in [3.05, 3.63) is 29.8 Å². The van der Waals surface area contributed by atoms with Gasteiger partial charge in [-0.1, -0.05) is 31.5 Å². The van der Waals surface area contributed by atoms with Crippen molar-refractivity contribution in [2.24, 2.45) is 5.92 Å². The number of aliphatic carboxylic acids is 1. The van der Waals surface area contributed by atoms with Crippen LogP contribution in [0.15, 0.2) is 24.3 Å². The van der Waals surface area contributed by atoms with E-state index in [0.717, 1.165) is 24.1 Å². The summed E-state index contributed by atoms with van der Waals surface area (Å²) in [5.74, 6) is -1.24. The van der Waals surface area contributed by atoms with Crippen LogP contribution < -0.4 is 4.90 Å². The molecule has 0 aliphatic carbocycles. The largest absolute Gasteiger partial charge is 0.481 e. The monoisotopic (exact) mass is 261 g/mol. The lowest BCUT2D eigenvalue weighted by Gasteiger charge is -2.32. The molecule has 1 aliphatic rings. The molecular weight excluding hydrogens is 242 g/mol. The maximum absolute atomic E-state index is 12.1. The van der Waals surface area contributed by atoms with Gasteiger partial charge in [-0.2, -0.15) is 0 Å². The summed E-state index contributed by atoms with van der Waals surface area (Å²) >= 11 is 0. The SMILES string of the molecule is CCCc1ccccc1N1CC(C(=O)O)CCC1=O. The predicted octanol–water partition coefficient (Wildman–Crippen LogP) is 2.47.